The van der Waals surface area contributed by atoms with E-state index in [0.717, 1.165) is 32.5 Å². The molecule has 0 fully saturated rings. The van der Waals surface area contributed by atoms with Gasteiger partial charge in [0.15, 0.2) is 0 Å². The minimum absolute atomic E-state index is 0.0925. The number of nitrogens with two attached hydrogens (primary N) is 1. The van der Waals surface area contributed by atoms with Crippen LogP contribution in [0.15, 0.2) is 105 Å². The number of halogens is 2. The average molecular weight is 893 g/mol. The number of amides is 1. The lowest BCUT2D eigenvalue weighted by Gasteiger charge is -2.22. The molecule has 63 heavy (non-hydrogen) atoms. The minimum Gasteiger partial charge on any atom is -0.478 e. The molecule has 15 nitrogen and oxygen atoms in total. The summed E-state index contributed by atoms with van der Waals surface area (Å²) in [6.45, 7) is 12.5. The Bertz CT molecular complexity index is 2800. The van der Waals surface area contributed by atoms with Crippen molar-refractivity contribution in [1.82, 2.24) is 45.5 Å². The zero-order valence-electron chi connectivity index (χ0n) is 35.0. The second-order valence-electron chi connectivity index (χ2n) is 15.2. The number of carboxylic acid groups (broad SMARTS) is 1. The topological polar surface area (TPSA) is 222 Å². The Morgan fingerprint density at radius 1 is 0.667 bits per heavy atom. The average Bonchev–Trinajstić information content (AvgIpc) is 4.13. The highest BCUT2D eigenvalue weighted by Gasteiger charge is 2.26. The highest BCUT2D eigenvalue weighted by atomic mass is 32.1. The first-order chi connectivity index (χ1) is 30.0. The molecule has 0 aliphatic heterocycles. The number of thiazole rings is 2. The fraction of sp³-hybridized carbons (Fsp3) is 0.227. The first kappa shape index (κ1) is 45.6. The number of nitrogens with zero attached hydrogens (tertiary/aromatic N) is 8. The molecule has 8 aromatic rings. The predicted octanol–water partition coefficient (Wildman–Crippen LogP) is 8.73. The maximum atomic E-state index is 13.2. The van der Waals surface area contributed by atoms with Crippen LogP contribution >= 0.6 is 22.7 Å². The van der Waals surface area contributed by atoms with Crippen molar-refractivity contribution in [2.45, 2.75) is 52.4 Å². The fourth-order valence-electron chi connectivity index (χ4n) is 5.44. The Morgan fingerprint density at radius 3 is 1.54 bits per heavy atom. The van der Waals surface area contributed by atoms with Gasteiger partial charge in [-0.15, -0.1) is 22.7 Å². The summed E-state index contributed by atoms with van der Waals surface area (Å²) in [5.74, 6) is -0.218. The van der Waals surface area contributed by atoms with Gasteiger partial charge in [-0.1, -0.05) is 38.0 Å². The van der Waals surface area contributed by atoms with E-state index in [4.69, 9.17) is 24.9 Å². The lowest BCUT2D eigenvalue weighted by atomic mass is 9.94. The molecule has 19 heteroatoms. The number of carboxylic acids is 1. The maximum absolute atomic E-state index is 13.2. The Kier molecular flexibility index (Phi) is 14.3. The normalized spacial score (nSPS) is 11.3. The van der Waals surface area contributed by atoms with E-state index in [2.05, 4.69) is 54.4 Å². The van der Waals surface area contributed by atoms with Gasteiger partial charge in [0.25, 0.3) is 5.91 Å². The molecule has 0 atom stereocenters. The van der Waals surface area contributed by atoms with Crippen molar-refractivity contribution >= 4 is 34.6 Å². The Morgan fingerprint density at radius 2 is 1.11 bits per heavy atom. The van der Waals surface area contributed by atoms with Gasteiger partial charge in [-0.05, 0) is 60.7 Å². The first-order valence-electron chi connectivity index (χ1n) is 19.2. The third kappa shape index (κ3) is 11.9. The van der Waals surface area contributed by atoms with Gasteiger partial charge in [0.1, 0.15) is 21.6 Å². The van der Waals surface area contributed by atoms with Gasteiger partial charge in [0.05, 0.1) is 22.5 Å². The SMILES string of the molecule is CC(C)(CN)c1nc(-c2ccc(F)cc2)cs1.Cc1nc(-c2cncc(C(=O)NCC(C)(C)c3nc(-c4ccc(F)cc4)cs3)c2)no1.Cc1nc(-c2cncc(C(=O)O)c2)no1. The predicted molar refractivity (Wildman–Crippen MR) is 234 cm³/mol. The fourth-order valence-corrected chi connectivity index (χ4v) is 7.36. The highest BCUT2D eigenvalue weighted by Crippen LogP contribution is 2.31. The molecule has 0 saturated heterocycles. The monoisotopic (exact) mass is 892 g/mol. The number of carbonyl (C=O) groups excluding carboxylic acids is 1. The lowest BCUT2D eigenvalue weighted by molar-refractivity contribution is 0.0696. The summed E-state index contributed by atoms with van der Waals surface area (Å²) >= 11 is 3.10. The van der Waals surface area contributed by atoms with Gasteiger partial charge >= 0.3 is 5.97 Å². The standard InChI is InChI=1S/C22H20FN5O2S.C13H15FN2S.C9H7N3O3/c1-13-26-19(28-30-13)15-8-16(10-24-9-15)20(29)25-12-22(2,3)21-27-18(11-31-21)14-4-6-17(23)7-5-14;1-13(2,8-15)12-16-11(7-17-12)9-3-5-10(14)6-4-9;1-5-11-8(12-15-5)6-2-7(9(13)14)4-10-3-6/h4-11H,12H2,1-3H3,(H,25,29);3-7H,8,15H2,1-2H3;2-4H,1H3,(H,13,14). The summed E-state index contributed by atoms with van der Waals surface area (Å²) in [4.78, 5) is 48.7. The summed E-state index contributed by atoms with van der Waals surface area (Å²) in [6, 6.07) is 15.7. The van der Waals surface area contributed by atoms with Crippen LogP contribution in [-0.2, 0) is 10.8 Å². The van der Waals surface area contributed by atoms with Crippen LogP contribution in [0.4, 0.5) is 8.78 Å². The van der Waals surface area contributed by atoms with Crippen molar-refractivity contribution in [3.63, 3.8) is 0 Å². The maximum Gasteiger partial charge on any atom is 0.337 e. The van der Waals surface area contributed by atoms with Gasteiger partial charge in [-0.2, -0.15) is 9.97 Å². The molecule has 0 bridgehead atoms. The van der Waals surface area contributed by atoms with E-state index in [1.165, 1.54) is 60.3 Å². The Balaban J connectivity index is 0.000000174. The number of aryl methyl sites for hydroxylation is 2. The molecule has 324 valence electrons. The van der Waals surface area contributed by atoms with Gasteiger partial charge in [-0.3, -0.25) is 14.8 Å². The van der Waals surface area contributed by atoms with Crippen molar-refractivity contribution in [3.05, 3.63) is 141 Å². The number of benzene rings is 2. The van der Waals surface area contributed by atoms with Crippen molar-refractivity contribution in [3.8, 4) is 45.3 Å². The van der Waals surface area contributed by atoms with Crippen LogP contribution < -0.4 is 11.1 Å². The second kappa shape index (κ2) is 19.8. The molecule has 0 unspecified atom stereocenters. The third-order valence-electron chi connectivity index (χ3n) is 9.20. The molecule has 0 saturated carbocycles. The van der Waals surface area contributed by atoms with Crippen LogP contribution in [0.3, 0.4) is 0 Å². The van der Waals surface area contributed by atoms with Crippen molar-refractivity contribution in [2.24, 2.45) is 5.73 Å². The van der Waals surface area contributed by atoms with Crippen LogP contribution in [-0.4, -0.2) is 70.3 Å². The number of carbonyl (C=O) groups is 2. The Labute approximate surface area is 368 Å². The number of aromatic nitrogens is 8. The molecule has 8 rings (SSSR count). The van der Waals surface area contributed by atoms with Crippen molar-refractivity contribution < 1.29 is 32.5 Å². The van der Waals surface area contributed by atoms with Gasteiger partial charge in [0.2, 0.25) is 23.4 Å². The number of hydrogen-bond donors (Lipinski definition) is 3. The summed E-state index contributed by atoms with van der Waals surface area (Å²) in [5.41, 5.74) is 10.3. The number of nitrogens with one attached hydrogen (secondary N) is 1. The zero-order valence-corrected chi connectivity index (χ0v) is 36.6. The number of pyridine rings is 2. The van der Waals surface area contributed by atoms with E-state index >= 15 is 0 Å². The van der Waals surface area contributed by atoms with Crippen LogP contribution in [0.2, 0.25) is 0 Å². The molecular weight excluding hydrogens is 851 g/mol. The van der Waals surface area contributed by atoms with E-state index in [0.29, 0.717) is 53.2 Å². The second-order valence-corrected chi connectivity index (χ2v) is 17.0. The van der Waals surface area contributed by atoms with E-state index in [1.54, 1.807) is 61.7 Å². The molecule has 0 aliphatic carbocycles. The molecule has 0 spiro atoms. The number of hydrogen-bond acceptors (Lipinski definition) is 15. The minimum atomic E-state index is -1.04. The third-order valence-corrected chi connectivity index (χ3v) is 11.6. The van der Waals surface area contributed by atoms with Gasteiger partial charge < -0.3 is 25.2 Å². The Hall–Kier alpha value is -6.96. The molecule has 0 radical (unpaired) electrons. The first-order valence-corrected chi connectivity index (χ1v) is 20.9. The highest BCUT2D eigenvalue weighted by molar-refractivity contribution is 7.10. The quantitative estimate of drug-likeness (QED) is 0.111. The van der Waals surface area contributed by atoms with Crippen LogP contribution in [0.5, 0.6) is 0 Å². The number of aromatic carboxylic acids is 1. The lowest BCUT2D eigenvalue weighted by Crippen LogP contribution is -2.36. The van der Waals surface area contributed by atoms with Crippen LogP contribution in [0.1, 0.15) is 70.2 Å². The molecular formula is C44H42F2N10O5S2. The van der Waals surface area contributed by atoms with E-state index in [-0.39, 0.29) is 28.5 Å². The molecule has 0 aliphatic rings. The molecule has 4 N–H and O–H groups in total. The number of rotatable bonds is 11. The van der Waals surface area contributed by atoms with Crippen molar-refractivity contribution in [1.29, 1.82) is 0 Å². The summed E-state index contributed by atoms with van der Waals surface area (Å²) in [7, 11) is 0. The van der Waals surface area contributed by atoms with E-state index < -0.39 is 11.4 Å². The van der Waals surface area contributed by atoms with Gasteiger partial charge in [-0.25, -0.2) is 23.5 Å². The zero-order chi connectivity index (χ0) is 45.3. The smallest absolute Gasteiger partial charge is 0.337 e. The van der Waals surface area contributed by atoms with Crippen molar-refractivity contribution in [2.75, 3.05) is 13.1 Å². The van der Waals surface area contributed by atoms with E-state index in [9.17, 15) is 18.4 Å². The van der Waals surface area contributed by atoms with Gasteiger partial charge in [0, 0.05) is 95.6 Å². The summed E-state index contributed by atoms with van der Waals surface area (Å²) in [6.07, 6.45) is 5.82. The van der Waals surface area contributed by atoms with Crippen LogP contribution in [0.25, 0.3) is 45.3 Å². The largest absolute Gasteiger partial charge is 0.478 e. The van der Waals surface area contributed by atoms with Crippen LogP contribution in [0, 0.1) is 25.5 Å². The molecule has 1 amide bonds. The summed E-state index contributed by atoms with van der Waals surface area (Å²) < 4.78 is 35.7. The molecule has 6 heterocycles. The molecule has 2 aromatic carbocycles. The summed E-state index contributed by atoms with van der Waals surface area (Å²) in [5, 5.41) is 25.0. The van der Waals surface area contributed by atoms with E-state index in [1.807, 2.05) is 24.6 Å². The molecule has 6 aromatic heterocycles.